The van der Waals surface area contributed by atoms with Crippen molar-refractivity contribution in [3.05, 3.63) is 24.3 Å². The van der Waals surface area contributed by atoms with Crippen LogP contribution in [0.4, 0.5) is 0 Å². The molecule has 7 atom stereocenters. The lowest BCUT2D eigenvalue weighted by molar-refractivity contribution is -0.298. The van der Waals surface area contributed by atoms with Crippen LogP contribution in [0.15, 0.2) is 24.3 Å². The molecule has 0 aliphatic carbocycles. The van der Waals surface area contributed by atoms with Gasteiger partial charge in [0, 0.05) is 6.42 Å². The average molecular weight is 820 g/mol. The van der Waals surface area contributed by atoms with Crippen molar-refractivity contribution < 1.29 is 51.8 Å². The van der Waals surface area contributed by atoms with Crippen LogP contribution in [0.5, 0.6) is 0 Å². The summed E-state index contributed by atoms with van der Waals surface area (Å²) in [6.45, 7) is 3.38. The number of hydrogen-bond acceptors (Lipinski definition) is 10. The number of aliphatic hydroxyl groups excluding tert-OH is 4. The Morgan fingerprint density at radius 1 is 0.714 bits per heavy atom. The monoisotopic (exact) mass is 820 g/mol. The van der Waals surface area contributed by atoms with Crippen LogP contribution < -0.4 is 5.32 Å². The van der Waals surface area contributed by atoms with Crippen molar-refractivity contribution in [2.75, 3.05) is 13.2 Å². The Kier molecular flexibility index (Phi) is 32.4. The second-order valence-electron chi connectivity index (χ2n) is 15.7. The third-order valence-corrected chi connectivity index (χ3v) is 11.0. The fourth-order valence-electron chi connectivity index (χ4n) is 7.04. The number of unbranched alkanes of at least 4 members (excludes halogenated alkanes) is 22. The van der Waals surface area contributed by atoms with Crippen LogP contribution in [0.1, 0.15) is 187 Å². The highest BCUT2D eigenvalue weighted by Gasteiger charge is 2.48. The molecule has 1 amide bonds. The van der Waals surface area contributed by atoms with Gasteiger partial charge in [0.05, 0.1) is 25.4 Å². The Morgan fingerprint density at radius 2 is 1.18 bits per heavy atom. The van der Waals surface area contributed by atoms with Crippen LogP contribution in [0.25, 0.3) is 0 Å². The van der Waals surface area contributed by atoms with Crippen molar-refractivity contribution in [1.82, 2.24) is 5.32 Å². The number of ether oxygens (including phenoxy) is 2. The van der Waals surface area contributed by atoms with E-state index in [2.05, 4.69) is 47.7 Å². The molecular weight excluding hydrogens is 739 g/mol. The molecule has 0 bridgehead atoms. The van der Waals surface area contributed by atoms with Crippen molar-refractivity contribution in [3.63, 3.8) is 0 Å². The SMILES string of the molecule is CCCCC/C=C\C=C/CCCCCCCCCCCCC(=O)NC(COC1OC(CO)C(O)C(OS(=O)(=O)O)C1O)C(O)CCCCCCCCCCCC. The summed E-state index contributed by atoms with van der Waals surface area (Å²) >= 11 is 0. The van der Waals surface area contributed by atoms with Gasteiger partial charge in [-0.2, -0.15) is 8.42 Å². The smallest absolute Gasteiger partial charge is 0.394 e. The minimum atomic E-state index is -5.07. The van der Waals surface area contributed by atoms with Gasteiger partial charge in [-0.3, -0.25) is 9.35 Å². The Bertz CT molecular complexity index is 1110. The lowest BCUT2D eigenvalue weighted by Crippen LogP contribution is -2.61. The molecule has 0 aromatic rings. The number of carbonyl (C=O) groups is 1. The van der Waals surface area contributed by atoms with E-state index in [1.807, 2.05) is 0 Å². The molecule has 1 saturated heterocycles. The first-order chi connectivity index (χ1) is 27.0. The molecule has 6 N–H and O–H groups in total. The summed E-state index contributed by atoms with van der Waals surface area (Å²) < 4.78 is 47.5. The number of amides is 1. The van der Waals surface area contributed by atoms with Crippen molar-refractivity contribution in [2.24, 2.45) is 0 Å². The molecule has 1 aliphatic heterocycles. The minimum absolute atomic E-state index is 0.236. The second kappa shape index (κ2) is 34.4. The predicted octanol–water partition coefficient (Wildman–Crippen LogP) is 8.16. The lowest BCUT2D eigenvalue weighted by Gasteiger charge is -2.41. The fraction of sp³-hybridized carbons (Fsp3) is 0.884. The maximum absolute atomic E-state index is 13.0. The van der Waals surface area contributed by atoms with Gasteiger partial charge in [0.1, 0.15) is 24.4 Å². The molecule has 0 aromatic heterocycles. The Labute approximate surface area is 340 Å². The van der Waals surface area contributed by atoms with E-state index in [9.17, 15) is 33.6 Å². The second-order valence-corrected chi connectivity index (χ2v) is 16.7. The van der Waals surface area contributed by atoms with E-state index in [4.69, 9.17) is 14.0 Å². The zero-order valence-electron chi connectivity index (χ0n) is 35.0. The minimum Gasteiger partial charge on any atom is -0.394 e. The highest BCUT2D eigenvalue weighted by molar-refractivity contribution is 7.80. The Hall–Kier alpha value is -1.42. The van der Waals surface area contributed by atoms with Crippen LogP contribution in [-0.2, 0) is 28.9 Å². The first kappa shape index (κ1) is 52.6. The zero-order valence-corrected chi connectivity index (χ0v) is 35.8. The third-order valence-electron chi connectivity index (χ3n) is 10.5. The summed E-state index contributed by atoms with van der Waals surface area (Å²) in [5, 5.41) is 44.7. The number of hydrogen-bond donors (Lipinski definition) is 6. The average Bonchev–Trinajstić information content (AvgIpc) is 3.16. The molecule has 0 aromatic carbocycles. The predicted molar refractivity (Wildman–Crippen MR) is 222 cm³/mol. The quantitative estimate of drug-likeness (QED) is 0.0201. The largest absolute Gasteiger partial charge is 0.397 e. The van der Waals surface area contributed by atoms with Gasteiger partial charge >= 0.3 is 10.4 Å². The van der Waals surface area contributed by atoms with Crippen molar-refractivity contribution >= 4 is 16.3 Å². The van der Waals surface area contributed by atoms with E-state index < -0.39 is 59.9 Å². The zero-order chi connectivity index (χ0) is 41.3. The molecule has 1 rings (SSSR count). The fourth-order valence-corrected chi connectivity index (χ4v) is 7.55. The van der Waals surface area contributed by atoms with Gasteiger partial charge < -0.3 is 35.2 Å². The number of carbonyl (C=O) groups excluding carboxylic acids is 1. The molecule has 1 fully saturated rings. The molecule has 1 heterocycles. The molecule has 0 spiro atoms. The number of allylic oxidation sites excluding steroid dienone is 4. The van der Waals surface area contributed by atoms with E-state index in [1.165, 1.54) is 103 Å². The van der Waals surface area contributed by atoms with Gasteiger partial charge in [-0.1, -0.05) is 167 Å². The van der Waals surface area contributed by atoms with Crippen molar-refractivity contribution in [2.45, 2.75) is 230 Å². The van der Waals surface area contributed by atoms with Gasteiger partial charge in [-0.05, 0) is 38.5 Å². The number of rotatable bonds is 37. The summed E-state index contributed by atoms with van der Waals surface area (Å²) in [5.74, 6) is -0.236. The van der Waals surface area contributed by atoms with Crippen molar-refractivity contribution in [3.8, 4) is 0 Å². The molecule has 330 valence electrons. The highest BCUT2D eigenvalue weighted by Crippen LogP contribution is 2.26. The third kappa shape index (κ3) is 27.3. The van der Waals surface area contributed by atoms with Gasteiger partial charge in [0.2, 0.25) is 5.91 Å². The number of aliphatic hydroxyl groups is 4. The highest BCUT2D eigenvalue weighted by atomic mass is 32.3. The van der Waals surface area contributed by atoms with E-state index in [0.717, 1.165) is 51.4 Å². The van der Waals surface area contributed by atoms with E-state index in [-0.39, 0.29) is 18.9 Å². The lowest BCUT2D eigenvalue weighted by atomic mass is 9.99. The van der Waals surface area contributed by atoms with Crippen LogP contribution in [-0.4, -0.2) is 95.4 Å². The van der Waals surface area contributed by atoms with Crippen LogP contribution in [0.2, 0.25) is 0 Å². The summed E-state index contributed by atoms with van der Waals surface area (Å²) in [5.41, 5.74) is 0. The molecule has 7 unspecified atom stereocenters. The van der Waals surface area contributed by atoms with Gasteiger partial charge in [0.25, 0.3) is 0 Å². The van der Waals surface area contributed by atoms with Crippen LogP contribution in [0, 0.1) is 0 Å². The van der Waals surface area contributed by atoms with Crippen molar-refractivity contribution in [1.29, 1.82) is 0 Å². The molecule has 0 radical (unpaired) electrons. The van der Waals surface area contributed by atoms with Gasteiger partial charge in [-0.15, -0.1) is 0 Å². The standard InChI is InChI=1S/C43H81NO11S/c1-3-5-7-9-11-13-15-16-17-18-19-20-21-22-23-25-27-29-31-33-39(47)44-36(37(46)32-30-28-26-24-14-12-10-8-6-4-2)35-53-43-41(49)42(55-56(50,51)52)40(48)38(34-45)54-43/h11,13,15-16,36-38,40-43,45-46,48-49H,3-10,12,14,17-35H2,1-2H3,(H,44,47)(H,50,51,52)/b13-11-,16-15-. The van der Waals surface area contributed by atoms with E-state index in [1.54, 1.807) is 0 Å². The first-order valence-electron chi connectivity index (χ1n) is 22.2. The normalized spacial score (nSPS) is 21.6. The molecule has 0 saturated carbocycles. The number of nitrogens with one attached hydrogen (secondary N) is 1. The Balaban J connectivity index is 2.47. The summed E-state index contributed by atoms with van der Waals surface area (Å²) in [7, 11) is -5.07. The van der Waals surface area contributed by atoms with E-state index >= 15 is 0 Å². The Morgan fingerprint density at radius 3 is 1.70 bits per heavy atom. The first-order valence-corrected chi connectivity index (χ1v) is 23.6. The maximum atomic E-state index is 13.0. The van der Waals surface area contributed by atoms with Gasteiger partial charge in [0.15, 0.2) is 6.29 Å². The molecule has 1 aliphatic rings. The summed E-state index contributed by atoms with van der Waals surface area (Å²) in [6.07, 6.45) is 29.0. The molecule has 12 nitrogen and oxygen atoms in total. The van der Waals surface area contributed by atoms with Gasteiger partial charge in [-0.25, -0.2) is 4.18 Å². The summed E-state index contributed by atoms with van der Waals surface area (Å²) in [4.78, 5) is 13.0. The summed E-state index contributed by atoms with van der Waals surface area (Å²) in [6, 6.07) is -0.856. The van der Waals surface area contributed by atoms with Crippen LogP contribution in [0.3, 0.4) is 0 Å². The topological polar surface area (TPSA) is 192 Å². The molecule has 56 heavy (non-hydrogen) atoms. The molecular formula is C43H81NO11S. The maximum Gasteiger partial charge on any atom is 0.397 e. The van der Waals surface area contributed by atoms with E-state index in [0.29, 0.717) is 12.8 Å². The molecule has 13 heteroatoms. The van der Waals surface area contributed by atoms with Crippen LogP contribution >= 0.6 is 0 Å².